The van der Waals surface area contributed by atoms with Crippen LogP contribution < -0.4 is 20.7 Å². The van der Waals surface area contributed by atoms with E-state index in [0.29, 0.717) is 36.7 Å². The molecule has 0 unspecified atom stereocenters. The standard InChI is InChI=1S/C20H25FN4O2.HI/c1-14-7-8-16(12-18(14)21)19(26)23-9-10-24-20(22-2)25-13-15-5-4-6-17(11-15)27-3;/h4-8,11-12H,9-10,13H2,1-3H3,(H,23,26)(H2,22,24,25);1H. The van der Waals surface area contributed by atoms with Crippen molar-refractivity contribution in [3.8, 4) is 5.75 Å². The number of aliphatic imine (C=N–C) groups is 1. The van der Waals surface area contributed by atoms with Crippen LogP contribution >= 0.6 is 24.0 Å². The van der Waals surface area contributed by atoms with Crippen molar-refractivity contribution in [3.05, 3.63) is 65.0 Å². The van der Waals surface area contributed by atoms with Gasteiger partial charge >= 0.3 is 0 Å². The van der Waals surface area contributed by atoms with Gasteiger partial charge < -0.3 is 20.7 Å². The molecule has 0 saturated heterocycles. The zero-order valence-electron chi connectivity index (χ0n) is 16.2. The van der Waals surface area contributed by atoms with Crippen LogP contribution in [0, 0.1) is 12.7 Å². The summed E-state index contributed by atoms with van der Waals surface area (Å²) in [5, 5.41) is 9.05. The van der Waals surface area contributed by atoms with Crippen molar-refractivity contribution < 1.29 is 13.9 Å². The van der Waals surface area contributed by atoms with E-state index >= 15 is 0 Å². The number of carbonyl (C=O) groups excluding carboxylic acids is 1. The van der Waals surface area contributed by atoms with Crippen LogP contribution in [-0.4, -0.2) is 39.1 Å². The zero-order valence-corrected chi connectivity index (χ0v) is 18.5. The van der Waals surface area contributed by atoms with Gasteiger partial charge in [-0.2, -0.15) is 0 Å². The van der Waals surface area contributed by atoms with E-state index in [1.165, 1.54) is 6.07 Å². The van der Waals surface area contributed by atoms with E-state index in [1.54, 1.807) is 33.2 Å². The number of aryl methyl sites for hydroxylation is 1. The first kappa shape index (κ1) is 23.7. The Kier molecular flexibility index (Phi) is 10.3. The Morgan fingerprint density at radius 1 is 1.11 bits per heavy atom. The zero-order chi connectivity index (χ0) is 19.6. The van der Waals surface area contributed by atoms with E-state index in [0.717, 1.165) is 11.3 Å². The highest BCUT2D eigenvalue weighted by molar-refractivity contribution is 14.0. The molecule has 28 heavy (non-hydrogen) atoms. The SMILES string of the molecule is CN=C(NCCNC(=O)c1ccc(C)c(F)c1)NCc1cccc(OC)c1.I. The Morgan fingerprint density at radius 3 is 2.54 bits per heavy atom. The second-order valence-electron chi connectivity index (χ2n) is 5.92. The summed E-state index contributed by atoms with van der Waals surface area (Å²) in [7, 11) is 3.31. The van der Waals surface area contributed by atoms with Crippen LogP contribution in [0.5, 0.6) is 5.75 Å². The van der Waals surface area contributed by atoms with Crippen LogP contribution in [0.1, 0.15) is 21.5 Å². The molecule has 2 aromatic carbocycles. The Balaban J connectivity index is 0.00000392. The van der Waals surface area contributed by atoms with Crippen molar-refractivity contribution >= 4 is 35.8 Å². The van der Waals surface area contributed by atoms with Crippen molar-refractivity contribution in [2.75, 3.05) is 27.2 Å². The van der Waals surface area contributed by atoms with Crippen molar-refractivity contribution in [2.45, 2.75) is 13.5 Å². The molecule has 0 radical (unpaired) electrons. The topological polar surface area (TPSA) is 74.8 Å². The number of halogens is 2. The van der Waals surface area contributed by atoms with Crippen molar-refractivity contribution in [1.29, 1.82) is 0 Å². The highest BCUT2D eigenvalue weighted by atomic mass is 127. The summed E-state index contributed by atoms with van der Waals surface area (Å²) in [4.78, 5) is 16.2. The van der Waals surface area contributed by atoms with E-state index in [2.05, 4.69) is 20.9 Å². The third kappa shape index (κ3) is 7.34. The molecule has 0 spiro atoms. The van der Waals surface area contributed by atoms with Crippen molar-refractivity contribution in [1.82, 2.24) is 16.0 Å². The number of nitrogens with zero attached hydrogens (tertiary/aromatic N) is 1. The number of ether oxygens (including phenoxy) is 1. The average Bonchev–Trinajstić information content (AvgIpc) is 2.69. The Morgan fingerprint density at radius 2 is 1.86 bits per heavy atom. The van der Waals surface area contributed by atoms with E-state index in [-0.39, 0.29) is 35.7 Å². The summed E-state index contributed by atoms with van der Waals surface area (Å²) in [6.45, 7) is 3.11. The summed E-state index contributed by atoms with van der Waals surface area (Å²) in [6.07, 6.45) is 0. The molecular weight excluding hydrogens is 474 g/mol. The number of carbonyl (C=O) groups is 1. The molecule has 0 fully saturated rings. The molecule has 0 aromatic heterocycles. The van der Waals surface area contributed by atoms with E-state index in [4.69, 9.17) is 4.74 Å². The van der Waals surface area contributed by atoms with Gasteiger partial charge in [-0.15, -0.1) is 24.0 Å². The number of hydrogen-bond acceptors (Lipinski definition) is 3. The van der Waals surface area contributed by atoms with Crippen molar-refractivity contribution in [3.63, 3.8) is 0 Å². The molecule has 152 valence electrons. The smallest absolute Gasteiger partial charge is 0.251 e. The number of hydrogen-bond donors (Lipinski definition) is 3. The molecule has 0 aliphatic rings. The van der Waals surface area contributed by atoms with Gasteiger partial charge in [-0.05, 0) is 42.3 Å². The van der Waals surface area contributed by atoms with Gasteiger partial charge in [0.15, 0.2) is 5.96 Å². The molecule has 0 aliphatic heterocycles. The first-order chi connectivity index (χ1) is 13.0. The lowest BCUT2D eigenvalue weighted by atomic mass is 10.1. The summed E-state index contributed by atoms with van der Waals surface area (Å²) >= 11 is 0. The lowest BCUT2D eigenvalue weighted by Crippen LogP contribution is -2.41. The fraction of sp³-hybridized carbons (Fsp3) is 0.300. The summed E-state index contributed by atoms with van der Waals surface area (Å²) in [6, 6.07) is 12.2. The molecular formula is C20H26FIN4O2. The quantitative estimate of drug-likeness (QED) is 0.237. The lowest BCUT2D eigenvalue weighted by Gasteiger charge is -2.13. The minimum atomic E-state index is -0.386. The van der Waals surface area contributed by atoms with Crippen LogP contribution in [0.3, 0.4) is 0 Å². The molecule has 2 rings (SSSR count). The molecule has 8 heteroatoms. The second kappa shape index (κ2) is 12.2. The van der Waals surface area contributed by atoms with Gasteiger partial charge in [0.1, 0.15) is 11.6 Å². The normalized spacial score (nSPS) is 10.6. The molecule has 1 amide bonds. The Bertz CT molecular complexity index is 815. The van der Waals surface area contributed by atoms with Gasteiger partial charge in [-0.1, -0.05) is 18.2 Å². The number of guanidine groups is 1. The fourth-order valence-corrected chi connectivity index (χ4v) is 2.38. The number of amides is 1. The molecule has 3 N–H and O–H groups in total. The van der Waals surface area contributed by atoms with Gasteiger partial charge in [0, 0.05) is 32.2 Å². The molecule has 0 atom stereocenters. The minimum absolute atomic E-state index is 0. The summed E-state index contributed by atoms with van der Waals surface area (Å²) in [5.41, 5.74) is 1.88. The summed E-state index contributed by atoms with van der Waals surface area (Å²) in [5.74, 6) is 0.721. The van der Waals surface area contributed by atoms with Crippen LogP contribution in [0.4, 0.5) is 4.39 Å². The summed E-state index contributed by atoms with van der Waals surface area (Å²) < 4.78 is 18.7. The molecule has 6 nitrogen and oxygen atoms in total. The van der Waals surface area contributed by atoms with Crippen LogP contribution in [-0.2, 0) is 6.54 Å². The maximum atomic E-state index is 13.5. The van der Waals surface area contributed by atoms with Crippen molar-refractivity contribution in [2.24, 2.45) is 4.99 Å². The van der Waals surface area contributed by atoms with E-state index < -0.39 is 0 Å². The third-order valence-electron chi connectivity index (χ3n) is 3.95. The number of benzene rings is 2. The average molecular weight is 500 g/mol. The van der Waals surface area contributed by atoms with E-state index in [9.17, 15) is 9.18 Å². The number of nitrogens with one attached hydrogen (secondary N) is 3. The predicted octanol–water partition coefficient (Wildman–Crippen LogP) is 2.86. The molecule has 2 aromatic rings. The molecule has 0 heterocycles. The first-order valence-corrected chi connectivity index (χ1v) is 8.65. The van der Waals surface area contributed by atoms with Gasteiger partial charge in [-0.3, -0.25) is 9.79 Å². The van der Waals surface area contributed by atoms with Crippen LogP contribution in [0.25, 0.3) is 0 Å². The molecule has 0 aliphatic carbocycles. The Labute approximate surface area is 182 Å². The molecule has 0 bridgehead atoms. The van der Waals surface area contributed by atoms with Crippen LogP contribution in [0.15, 0.2) is 47.5 Å². The minimum Gasteiger partial charge on any atom is -0.497 e. The molecule has 0 saturated carbocycles. The second-order valence-corrected chi connectivity index (χ2v) is 5.92. The highest BCUT2D eigenvalue weighted by Crippen LogP contribution is 2.12. The van der Waals surface area contributed by atoms with Gasteiger partial charge in [0.2, 0.25) is 0 Å². The predicted molar refractivity (Wildman–Crippen MR) is 120 cm³/mol. The maximum absolute atomic E-state index is 13.5. The van der Waals surface area contributed by atoms with Gasteiger partial charge in [-0.25, -0.2) is 4.39 Å². The largest absolute Gasteiger partial charge is 0.497 e. The first-order valence-electron chi connectivity index (χ1n) is 8.65. The Hall–Kier alpha value is -2.36. The highest BCUT2D eigenvalue weighted by Gasteiger charge is 2.07. The van der Waals surface area contributed by atoms with Gasteiger partial charge in [0.05, 0.1) is 7.11 Å². The maximum Gasteiger partial charge on any atom is 0.251 e. The number of methoxy groups -OCH3 is 1. The van der Waals surface area contributed by atoms with E-state index in [1.807, 2.05) is 24.3 Å². The number of rotatable bonds is 7. The van der Waals surface area contributed by atoms with Gasteiger partial charge in [0.25, 0.3) is 5.91 Å². The fourth-order valence-electron chi connectivity index (χ4n) is 2.38. The third-order valence-corrected chi connectivity index (χ3v) is 3.95. The van der Waals surface area contributed by atoms with Crippen LogP contribution in [0.2, 0.25) is 0 Å². The lowest BCUT2D eigenvalue weighted by molar-refractivity contribution is 0.0954. The monoisotopic (exact) mass is 500 g/mol.